The molecule has 0 radical (unpaired) electrons. The first-order chi connectivity index (χ1) is 8.77. The minimum Gasteiger partial charge on any atom is -0.356 e. The molecule has 0 saturated heterocycles. The number of rotatable bonds is 7. The quantitative estimate of drug-likeness (QED) is 0.715. The van der Waals surface area contributed by atoms with Gasteiger partial charge in [0.15, 0.2) is 0 Å². The highest BCUT2D eigenvalue weighted by Crippen LogP contribution is 2.37. The number of carbonyl (C=O) groups excluding carboxylic acids is 1. The van der Waals surface area contributed by atoms with E-state index >= 15 is 0 Å². The van der Waals surface area contributed by atoms with Gasteiger partial charge in [0.2, 0.25) is 5.91 Å². The molecule has 1 aliphatic rings. The lowest BCUT2D eigenvalue weighted by Gasteiger charge is -2.06. The average molecular weight is 247 g/mol. The molecule has 1 amide bonds. The summed E-state index contributed by atoms with van der Waals surface area (Å²) in [5.74, 6) is 1.11. The molecule has 2 N–H and O–H groups in total. The van der Waals surface area contributed by atoms with Gasteiger partial charge in [-0.25, -0.2) is 0 Å². The Kier molecular flexibility index (Phi) is 4.70. The fraction of sp³-hybridized carbons (Fsp3) is 0.571. The maximum absolute atomic E-state index is 11.5. The van der Waals surface area contributed by atoms with Gasteiger partial charge in [0.25, 0.3) is 0 Å². The maximum Gasteiger partial charge on any atom is 0.223 e. The van der Waals surface area contributed by atoms with Gasteiger partial charge in [-0.2, -0.15) is 0 Å². The fourth-order valence-electron chi connectivity index (χ4n) is 1.98. The molecular formula is C14H21N3O. The van der Waals surface area contributed by atoms with Gasteiger partial charge in [-0.15, -0.1) is 0 Å². The normalized spacial score (nSPS) is 21.6. The summed E-state index contributed by atoms with van der Waals surface area (Å²) in [7, 11) is 0. The molecule has 4 heteroatoms. The van der Waals surface area contributed by atoms with Crippen molar-refractivity contribution in [3.05, 3.63) is 30.1 Å². The van der Waals surface area contributed by atoms with Crippen molar-refractivity contribution >= 4 is 5.91 Å². The van der Waals surface area contributed by atoms with Crippen LogP contribution in [0, 0.1) is 11.8 Å². The standard InChI is InChI=1S/C14H21N3O/c1-11-8-13(11)14(18)17-7-3-6-16-10-12-4-2-5-15-9-12/h2,4-5,9,11,13,16H,3,6-8,10H2,1H3,(H,17,18). The van der Waals surface area contributed by atoms with Crippen LogP contribution in [0.25, 0.3) is 0 Å². The number of amides is 1. The second-order valence-electron chi connectivity index (χ2n) is 5.00. The van der Waals surface area contributed by atoms with Gasteiger partial charge in [0.05, 0.1) is 0 Å². The summed E-state index contributed by atoms with van der Waals surface area (Å²) in [6.45, 7) is 4.64. The van der Waals surface area contributed by atoms with Crippen LogP contribution in [0.2, 0.25) is 0 Å². The highest BCUT2D eigenvalue weighted by molar-refractivity contribution is 5.81. The molecule has 2 rings (SSSR count). The minimum atomic E-state index is 0.231. The van der Waals surface area contributed by atoms with Crippen LogP contribution < -0.4 is 10.6 Å². The third-order valence-electron chi connectivity index (χ3n) is 3.33. The van der Waals surface area contributed by atoms with Crippen LogP contribution in [0.4, 0.5) is 0 Å². The van der Waals surface area contributed by atoms with E-state index in [0.717, 1.165) is 32.5 Å². The Morgan fingerprint density at radius 3 is 3.00 bits per heavy atom. The van der Waals surface area contributed by atoms with Gasteiger partial charge >= 0.3 is 0 Å². The fourth-order valence-corrected chi connectivity index (χ4v) is 1.98. The Balaban J connectivity index is 1.48. The molecule has 1 saturated carbocycles. The topological polar surface area (TPSA) is 54.0 Å². The number of carbonyl (C=O) groups is 1. The Morgan fingerprint density at radius 2 is 2.33 bits per heavy atom. The van der Waals surface area contributed by atoms with Crippen molar-refractivity contribution in [2.45, 2.75) is 26.3 Å². The summed E-state index contributed by atoms with van der Waals surface area (Å²) in [6.07, 6.45) is 5.67. The summed E-state index contributed by atoms with van der Waals surface area (Å²) >= 11 is 0. The predicted molar refractivity (Wildman–Crippen MR) is 70.8 cm³/mol. The van der Waals surface area contributed by atoms with Crippen LogP contribution in [0.5, 0.6) is 0 Å². The van der Waals surface area contributed by atoms with Crippen LogP contribution in [-0.2, 0) is 11.3 Å². The largest absolute Gasteiger partial charge is 0.356 e. The molecule has 0 bridgehead atoms. The molecule has 0 aliphatic heterocycles. The highest BCUT2D eigenvalue weighted by Gasteiger charge is 2.38. The van der Waals surface area contributed by atoms with Crippen LogP contribution in [0.1, 0.15) is 25.3 Å². The van der Waals surface area contributed by atoms with Crippen LogP contribution in [-0.4, -0.2) is 24.0 Å². The Bertz CT molecular complexity index is 380. The molecular weight excluding hydrogens is 226 g/mol. The number of aromatic nitrogens is 1. The number of pyridine rings is 1. The molecule has 0 spiro atoms. The van der Waals surface area contributed by atoms with E-state index < -0.39 is 0 Å². The van der Waals surface area contributed by atoms with Gasteiger partial charge in [0, 0.05) is 31.4 Å². The van der Waals surface area contributed by atoms with Gasteiger partial charge in [0.1, 0.15) is 0 Å². The summed E-state index contributed by atoms with van der Waals surface area (Å²) in [6, 6.07) is 3.99. The monoisotopic (exact) mass is 247 g/mol. The molecule has 1 aliphatic carbocycles. The summed E-state index contributed by atoms with van der Waals surface area (Å²) in [4.78, 5) is 15.6. The first-order valence-electron chi connectivity index (χ1n) is 6.64. The molecule has 0 aromatic carbocycles. The van der Waals surface area contributed by atoms with Crippen molar-refractivity contribution < 1.29 is 4.79 Å². The van der Waals surface area contributed by atoms with Crippen molar-refractivity contribution in [1.82, 2.24) is 15.6 Å². The Labute approximate surface area is 108 Å². The third kappa shape index (κ3) is 4.11. The summed E-state index contributed by atoms with van der Waals surface area (Å²) < 4.78 is 0. The maximum atomic E-state index is 11.5. The highest BCUT2D eigenvalue weighted by atomic mass is 16.2. The van der Waals surface area contributed by atoms with E-state index in [1.807, 2.05) is 12.3 Å². The lowest BCUT2D eigenvalue weighted by Crippen LogP contribution is -2.28. The van der Waals surface area contributed by atoms with Crippen molar-refractivity contribution in [2.75, 3.05) is 13.1 Å². The van der Waals surface area contributed by atoms with E-state index in [1.165, 1.54) is 5.56 Å². The number of hydrogen-bond donors (Lipinski definition) is 2. The minimum absolute atomic E-state index is 0.231. The van der Waals surface area contributed by atoms with E-state index in [2.05, 4.69) is 28.6 Å². The Hall–Kier alpha value is -1.42. The first-order valence-corrected chi connectivity index (χ1v) is 6.64. The number of nitrogens with one attached hydrogen (secondary N) is 2. The molecule has 98 valence electrons. The predicted octanol–water partition coefficient (Wildman–Crippen LogP) is 1.33. The van der Waals surface area contributed by atoms with Crippen molar-refractivity contribution in [3.63, 3.8) is 0 Å². The zero-order valence-electron chi connectivity index (χ0n) is 10.9. The second kappa shape index (κ2) is 6.50. The number of nitrogens with zero attached hydrogens (tertiary/aromatic N) is 1. The average Bonchev–Trinajstić information content (AvgIpc) is 3.12. The van der Waals surface area contributed by atoms with Crippen molar-refractivity contribution in [1.29, 1.82) is 0 Å². The van der Waals surface area contributed by atoms with Gasteiger partial charge in [-0.1, -0.05) is 13.0 Å². The summed E-state index contributed by atoms with van der Waals surface area (Å²) in [5, 5.41) is 6.32. The molecule has 4 nitrogen and oxygen atoms in total. The molecule has 2 unspecified atom stereocenters. The number of hydrogen-bond acceptors (Lipinski definition) is 3. The molecule has 1 aromatic rings. The van der Waals surface area contributed by atoms with Crippen molar-refractivity contribution in [3.8, 4) is 0 Å². The van der Waals surface area contributed by atoms with Crippen molar-refractivity contribution in [2.24, 2.45) is 11.8 Å². The zero-order valence-corrected chi connectivity index (χ0v) is 10.9. The molecule has 18 heavy (non-hydrogen) atoms. The SMILES string of the molecule is CC1CC1C(=O)NCCCNCc1cccnc1. The van der Waals surface area contributed by atoms with Gasteiger partial charge < -0.3 is 10.6 Å². The van der Waals surface area contributed by atoms with Crippen LogP contribution in [0.3, 0.4) is 0 Å². The van der Waals surface area contributed by atoms with E-state index in [1.54, 1.807) is 6.20 Å². The van der Waals surface area contributed by atoms with E-state index in [9.17, 15) is 4.79 Å². The van der Waals surface area contributed by atoms with Gasteiger partial charge in [-0.3, -0.25) is 9.78 Å². The van der Waals surface area contributed by atoms with E-state index in [4.69, 9.17) is 0 Å². The third-order valence-corrected chi connectivity index (χ3v) is 3.33. The second-order valence-corrected chi connectivity index (χ2v) is 5.00. The van der Waals surface area contributed by atoms with Crippen LogP contribution in [0.15, 0.2) is 24.5 Å². The summed E-state index contributed by atoms with van der Waals surface area (Å²) in [5.41, 5.74) is 1.19. The van der Waals surface area contributed by atoms with Crippen LogP contribution >= 0.6 is 0 Å². The molecule has 1 fully saturated rings. The van der Waals surface area contributed by atoms with Gasteiger partial charge in [-0.05, 0) is 36.9 Å². The molecule has 1 heterocycles. The lowest BCUT2D eigenvalue weighted by atomic mass is 10.3. The first kappa shape index (κ1) is 13.0. The molecule has 1 aromatic heterocycles. The lowest BCUT2D eigenvalue weighted by molar-refractivity contribution is -0.122. The Morgan fingerprint density at radius 1 is 1.50 bits per heavy atom. The smallest absolute Gasteiger partial charge is 0.223 e. The zero-order chi connectivity index (χ0) is 12.8. The van der Waals surface area contributed by atoms with E-state index in [0.29, 0.717) is 5.92 Å². The van der Waals surface area contributed by atoms with E-state index in [-0.39, 0.29) is 11.8 Å². The molecule has 2 atom stereocenters.